The number of aliphatic hydroxyl groups is 1. The molecule has 1 unspecified atom stereocenters. The number of H-pyrrole nitrogens is 1. The molecule has 0 saturated heterocycles. The molecule has 0 aliphatic rings. The number of nitrogens with one attached hydrogen (secondary N) is 1. The zero-order valence-electron chi connectivity index (χ0n) is 12.6. The summed E-state index contributed by atoms with van der Waals surface area (Å²) in [6, 6.07) is 0. The van der Waals surface area contributed by atoms with Crippen molar-refractivity contribution in [2.24, 2.45) is 5.92 Å². The Balaban J connectivity index is 2.83. The fourth-order valence-corrected chi connectivity index (χ4v) is 3.18. The lowest BCUT2D eigenvalue weighted by molar-refractivity contribution is 0.101. The van der Waals surface area contributed by atoms with Gasteiger partial charge in [0.1, 0.15) is 0 Å². The number of ketones is 2. The Morgan fingerprint density at radius 2 is 2.05 bits per heavy atom. The number of rotatable bonds is 8. The molecule has 0 amide bonds. The largest absolute Gasteiger partial charge is 0.396 e. The van der Waals surface area contributed by atoms with Crippen LogP contribution in [0.3, 0.4) is 0 Å². The van der Waals surface area contributed by atoms with Crippen LogP contribution < -0.4 is 0 Å². The van der Waals surface area contributed by atoms with E-state index in [4.69, 9.17) is 5.11 Å². The Kier molecular flexibility index (Phi) is 6.49. The van der Waals surface area contributed by atoms with Gasteiger partial charge in [0.25, 0.3) is 0 Å². The van der Waals surface area contributed by atoms with Crippen LogP contribution in [0.5, 0.6) is 0 Å². The van der Waals surface area contributed by atoms with Crippen LogP contribution in [-0.4, -0.2) is 39.8 Å². The Morgan fingerprint density at radius 3 is 2.55 bits per heavy atom. The van der Waals surface area contributed by atoms with Gasteiger partial charge in [-0.25, -0.2) is 0 Å². The molecule has 4 nitrogen and oxygen atoms in total. The molecule has 2 N–H and O–H groups in total. The van der Waals surface area contributed by atoms with E-state index in [-0.39, 0.29) is 24.1 Å². The summed E-state index contributed by atoms with van der Waals surface area (Å²) in [4.78, 5) is 27.0. The third-order valence-electron chi connectivity index (χ3n) is 3.22. The van der Waals surface area contributed by atoms with Gasteiger partial charge < -0.3 is 10.1 Å². The summed E-state index contributed by atoms with van der Waals surface area (Å²) in [6.07, 6.45) is 0.665. The molecule has 0 radical (unpaired) electrons. The summed E-state index contributed by atoms with van der Waals surface area (Å²) in [5.41, 5.74) is 2.83. The molecule has 0 saturated carbocycles. The summed E-state index contributed by atoms with van der Waals surface area (Å²) >= 11 is 1.52. The maximum Gasteiger partial charge on any atom is 0.189 e. The van der Waals surface area contributed by atoms with Crippen LogP contribution >= 0.6 is 11.8 Å². The number of aryl methyl sites for hydroxylation is 1. The summed E-state index contributed by atoms with van der Waals surface area (Å²) in [7, 11) is 0. The minimum atomic E-state index is -0.00351. The number of carbonyl (C=O) groups excluding carboxylic acids is 2. The molecule has 0 spiro atoms. The Bertz CT molecular complexity index is 494. The molecule has 0 fully saturated rings. The smallest absolute Gasteiger partial charge is 0.189 e. The molecule has 1 rings (SSSR count). The van der Waals surface area contributed by atoms with Gasteiger partial charge in [-0.15, -0.1) is 0 Å². The van der Waals surface area contributed by atoms with Crippen LogP contribution in [0.15, 0.2) is 0 Å². The quantitative estimate of drug-likeness (QED) is 0.724. The van der Waals surface area contributed by atoms with Crippen molar-refractivity contribution >= 4 is 23.3 Å². The molecular formula is C15H23NO3S. The van der Waals surface area contributed by atoms with Gasteiger partial charge in [0, 0.05) is 17.9 Å². The van der Waals surface area contributed by atoms with Gasteiger partial charge in [0.15, 0.2) is 11.6 Å². The van der Waals surface area contributed by atoms with Crippen molar-refractivity contribution in [3.63, 3.8) is 0 Å². The maximum atomic E-state index is 12.3. The topological polar surface area (TPSA) is 70.2 Å². The first-order valence-electron chi connectivity index (χ1n) is 6.86. The third kappa shape index (κ3) is 3.96. The first-order chi connectivity index (χ1) is 9.42. The lowest BCUT2D eigenvalue weighted by Crippen LogP contribution is -2.10. The van der Waals surface area contributed by atoms with E-state index in [1.807, 2.05) is 20.8 Å². The zero-order valence-corrected chi connectivity index (χ0v) is 13.4. The average Bonchev–Trinajstić information content (AvgIpc) is 2.75. The number of hydrogen-bond acceptors (Lipinski definition) is 4. The Hall–Kier alpha value is -1.07. The fourth-order valence-electron chi connectivity index (χ4n) is 2.22. The number of carbonyl (C=O) groups is 2. The van der Waals surface area contributed by atoms with Gasteiger partial charge in [0.2, 0.25) is 0 Å². The molecule has 0 aliphatic heterocycles. The first kappa shape index (κ1) is 17.0. The van der Waals surface area contributed by atoms with Crippen molar-refractivity contribution in [3.8, 4) is 0 Å². The van der Waals surface area contributed by atoms with E-state index in [0.29, 0.717) is 23.4 Å². The normalized spacial score (nSPS) is 12.4. The zero-order chi connectivity index (χ0) is 15.3. The van der Waals surface area contributed by atoms with E-state index in [1.54, 1.807) is 0 Å². The van der Waals surface area contributed by atoms with Gasteiger partial charge in [-0.05, 0) is 37.5 Å². The van der Waals surface area contributed by atoms with Crippen molar-refractivity contribution in [2.45, 2.75) is 34.1 Å². The molecule has 0 bridgehead atoms. The van der Waals surface area contributed by atoms with E-state index < -0.39 is 0 Å². The van der Waals surface area contributed by atoms with Crippen LogP contribution in [0.4, 0.5) is 0 Å². The highest BCUT2D eigenvalue weighted by molar-refractivity contribution is 7.99. The molecule has 20 heavy (non-hydrogen) atoms. The third-order valence-corrected chi connectivity index (χ3v) is 4.49. The minimum Gasteiger partial charge on any atom is -0.396 e. The Labute approximate surface area is 124 Å². The van der Waals surface area contributed by atoms with E-state index >= 15 is 0 Å². The summed E-state index contributed by atoms with van der Waals surface area (Å²) in [5.74, 6) is 1.33. The van der Waals surface area contributed by atoms with Crippen molar-refractivity contribution in [1.29, 1.82) is 0 Å². The maximum absolute atomic E-state index is 12.3. The molecule has 1 aromatic rings. The number of Topliss-reactive ketones (excluding diaryl/α,β-unsaturated/α-hetero) is 2. The van der Waals surface area contributed by atoms with Crippen molar-refractivity contribution < 1.29 is 14.7 Å². The van der Waals surface area contributed by atoms with E-state index in [0.717, 1.165) is 17.0 Å². The van der Waals surface area contributed by atoms with Gasteiger partial charge in [0.05, 0.1) is 11.4 Å². The first-order valence-corrected chi connectivity index (χ1v) is 8.01. The average molecular weight is 297 g/mol. The number of thioether (sulfide) groups is 1. The highest BCUT2D eigenvalue weighted by Crippen LogP contribution is 2.22. The highest BCUT2D eigenvalue weighted by atomic mass is 32.2. The van der Waals surface area contributed by atoms with Crippen LogP contribution in [-0.2, 0) is 6.42 Å². The summed E-state index contributed by atoms with van der Waals surface area (Å²) in [5, 5.41) is 8.96. The fraction of sp³-hybridized carbons (Fsp3) is 0.600. The second-order valence-electron chi connectivity index (χ2n) is 5.11. The predicted octanol–water partition coefficient (Wildman–Crippen LogP) is 2.63. The standard InChI is InChI=1S/C15H23NO3S/c1-5-12-14(11(4)18)10(3)16-15(12)13(19)8-20-7-9(2)6-17/h9,16-17H,5-8H2,1-4H3. The lowest BCUT2D eigenvalue weighted by Gasteiger charge is -2.07. The Morgan fingerprint density at radius 1 is 1.40 bits per heavy atom. The summed E-state index contributed by atoms with van der Waals surface area (Å²) < 4.78 is 0. The van der Waals surface area contributed by atoms with Crippen molar-refractivity contribution in [1.82, 2.24) is 4.98 Å². The van der Waals surface area contributed by atoms with Gasteiger partial charge in [-0.3, -0.25) is 9.59 Å². The molecule has 1 heterocycles. The molecule has 112 valence electrons. The van der Waals surface area contributed by atoms with Gasteiger partial charge in [-0.1, -0.05) is 13.8 Å². The van der Waals surface area contributed by atoms with Gasteiger partial charge >= 0.3 is 0 Å². The monoisotopic (exact) mass is 297 g/mol. The molecular weight excluding hydrogens is 274 g/mol. The second-order valence-corrected chi connectivity index (χ2v) is 6.14. The molecule has 1 atom stereocenters. The van der Waals surface area contributed by atoms with Crippen LogP contribution in [0.2, 0.25) is 0 Å². The number of aliphatic hydroxyl groups excluding tert-OH is 1. The second kappa shape index (κ2) is 7.64. The van der Waals surface area contributed by atoms with E-state index in [2.05, 4.69) is 4.98 Å². The number of hydrogen-bond donors (Lipinski definition) is 2. The summed E-state index contributed by atoms with van der Waals surface area (Å²) in [6.45, 7) is 7.39. The van der Waals surface area contributed by atoms with Crippen LogP contribution in [0.25, 0.3) is 0 Å². The van der Waals surface area contributed by atoms with E-state index in [1.165, 1.54) is 18.7 Å². The molecule has 0 aromatic carbocycles. The molecule has 5 heteroatoms. The van der Waals surface area contributed by atoms with Crippen molar-refractivity contribution in [2.75, 3.05) is 18.1 Å². The van der Waals surface area contributed by atoms with Crippen molar-refractivity contribution in [3.05, 3.63) is 22.5 Å². The molecule has 1 aromatic heterocycles. The highest BCUT2D eigenvalue weighted by Gasteiger charge is 2.21. The van der Waals surface area contributed by atoms with Crippen LogP contribution in [0, 0.1) is 12.8 Å². The lowest BCUT2D eigenvalue weighted by atomic mass is 10.0. The van der Waals surface area contributed by atoms with Crippen LogP contribution in [0.1, 0.15) is 52.9 Å². The van der Waals surface area contributed by atoms with E-state index in [9.17, 15) is 9.59 Å². The van der Waals surface area contributed by atoms with Gasteiger partial charge in [-0.2, -0.15) is 11.8 Å². The predicted molar refractivity (Wildman–Crippen MR) is 82.8 cm³/mol. The SMILES string of the molecule is CCc1c(C(=O)CSCC(C)CO)[nH]c(C)c1C(C)=O. The number of aromatic amines is 1. The molecule has 0 aliphatic carbocycles. The minimum absolute atomic E-state index is 0.00351. The number of aromatic nitrogens is 1.